The van der Waals surface area contributed by atoms with E-state index in [1.54, 1.807) is 6.20 Å². The highest BCUT2D eigenvalue weighted by Gasteiger charge is 2.01. The van der Waals surface area contributed by atoms with E-state index in [2.05, 4.69) is 27.0 Å². The van der Waals surface area contributed by atoms with E-state index in [0.717, 1.165) is 10.0 Å². The van der Waals surface area contributed by atoms with Crippen molar-refractivity contribution in [2.45, 2.75) is 0 Å². The lowest BCUT2D eigenvalue weighted by Crippen LogP contribution is -1.85. The van der Waals surface area contributed by atoms with Crippen LogP contribution >= 0.6 is 15.9 Å². The molecule has 0 N–H and O–H groups in total. The summed E-state index contributed by atoms with van der Waals surface area (Å²) in [4.78, 5) is 4.17. The largest absolute Gasteiger partial charge is 0.256 e. The first-order valence-corrected chi connectivity index (χ1v) is 5.87. The number of hydrogen-bond acceptors (Lipinski definition) is 2. The van der Waals surface area contributed by atoms with Crippen molar-refractivity contribution >= 4 is 27.6 Å². The molecule has 3 heteroatoms. The van der Waals surface area contributed by atoms with E-state index >= 15 is 0 Å². The van der Waals surface area contributed by atoms with Crippen molar-refractivity contribution in [3.05, 3.63) is 64.4 Å². The molecular formula is C14H9BrN2. The lowest BCUT2D eigenvalue weighted by Gasteiger charge is -1.99. The molecule has 0 aliphatic heterocycles. The maximum Gasteiger partial charge on any atom is 0.101 e. The Morgan fingerprint density at radius 2 is 2.12 bits per heavy atom. The maximum absolute atomic E-state index is 9.14. The average molecular weight is 285 g/mol. The van der Waals surface area contributed by atoms with Crippen LogP contribution in [-0.2, 0) is 0 Å². The minimum Gasteiger partial charge on any atom is -0.256 e. The van der Waals surface area contributed by atoms with Crippen LogP contribution in [0.4, 0.5) is 0 Å². The number of halogens is 1. The van der Waals surface area contributed by atoms with E-state index in [9.17, 15) is 0 Å². The van der Waals surface area contributed by atoms with Gasteiger partial charge in [0.25, 0.3) is 0 Å². The summed E-state index contributed by atoms with van der Waals surface area (Å²) in [7, 11) is 0. The van der Waals surface area contributed by atoms with Gasteiger partial charge in [-0.2, -0.15) is 5.26 Å². The van der Waals surface area contributed by atoms with Crippen molar-refractivity contribution in [1.29, 1.82) is 5.26 Å². The van der Waals surface area contributed by atoms with Gasteiger partial charge in [0.1, 0.15) is 6.07 Å². The standard InChI is InChI=1S/C14H9BrN2/c15-13-5-3-4-11(9-13)8-12(10-16)14-6-1-2-7-17-14/h1-9H. The zero-order valence-electron chi connectivity index (χ0n) is 8.97. The third kappa shape index (κ3) is 3.02. The van der Waals surface area contributed by atoms with Gasteiger partial charge in [-0.25, -0.2) is 0 Å². The molecule has 1 heterocycles. The molecule has 1 aromatic carbocycles. The van der Waals surface area contributed by atoms with Crippen molar-refractivity contribution in [3.8, 4) is 6.07 Å². The van der Waals surface area contributed by atoms with Gasteiger partial charge >= 0.3 is 0 Å². The molecule has 0 saturated heterocycles. The molecule has 0 atom stereocenters. The Bertz CT molecular complexity index is 583. The summed E-state index contributed by atoms with van der Waals surface area (Å²) in [5.74, 6) is 0. The van der Waals surface area contributed by atoms with E-state index in [1.165, 1.54) is 0 Å². The minimum atomic E-state index is 0.559. The second-order valence-electron chi connectivity index (χ2n) is 3.44. The molecule has 2 nitrogen and oxygen atoms in total. The molecule has 0 saturated carbocycles. The topological polar surface area (TPSA) is 36.7 Å². The maximum atomic E-state index is 9.14. The summed E-state index contributed by atoms with van der Waals surface area (Å²) in [5, 5.41) is 9.14. The predicted octanol–water partition coefficient (Wildman–Crippen LogP) is 3.91. The Labute approximate surface area is 108 Å². The highest BCUT2D eigenvalue weighted by Crippen LogP contribution is 2.18. The van der Waals surface area contributed by atoms with E-state index < -0.39 is 0 Å². The molecule has 0 fully saturated rings. The Balaban J connectivity index is 2.41. The van der Waals surface area contributed by atoms with Crippen LogP contribution in [0.3, 0.4) is 0 Å². The number of nitriles is 1. The average Bonchev–Trinajstić information content (AvgIpc) is 2.37. The van der Waals surface area contributed by atoms with Crippen molar-refractivity contribution in [3.63, 3.8) is 0 Å². The van der Waals surface area contributed by atoms with Gasteiger partial charge < -0.3 is 0 Å². The third-order valence-electron chi connectivity index (χ3n) is 2.22. The van der Waals surface area contributed by atoms with Gasteiger partial charge in [-0.15, -0.1) is 0 Å². The second-order valence-corrected chi connectivity index (χ2v) is 4.36. The first-order valence-electron chi connectivity index (χ1n) is 5.08. The summed E-state index contributed by atoms with van der Waals surface area (Å²) >= 11 is 3.40. The van der Waals surface area contributed by atoms with Crippen LogP contribution in [0.1, 0.15) is 11.3 Å². The van der Waals surface area contributed by atoms with Crippen molar-refractivity contribution < 1.29 is 0 Å². The van der Waals surface area contributed by atoms with Crippen LogP contribution < -0.4 is 0 Å². The zero-order valence-corrected chi connectivity index (χ0v) is 10.6. The van der Waals surface area contributed by atoms with Gasteiger partial charge in [-0.05, 0) is 35.9 Å². The van der Waals surface area contributed by atoms with Crippen molar-refractivity contribution in [1.82, 2.24) is 4.98 Å². The first kappa shape index (κ1) is 11.6. The van der Waals surface area contributed by atoms with Crippen LogP contribution in [0.5, 0.6) is 0 Å². The fraction of sp³-hybridized carbons (Fsp3) is 0. The number of rotatable bonds is 2. The summed E-state index contributed by atoms with van der Waals surface area (Å²) in [6.07, 6.45) is 3.51. The quantitative estimate of drug-likeness (QED) is 0.784. The smallest absolute Gasteiger partial charge is 0.101 e. The molecule has 82 valence electrons. The number of pyridine rings is 1. The van der Waals surface area contributed by atoms with Gasteiger partial charge in [0.15, 0.2) is 0 Å². The molecule has 0 spiro atoms. The molecule has 17 heavy (non-hydrogen) atoms. The van der Waals surface area contributed by atoms with Gasteiger partial charge in [0.2, 0.25) is 0 Å². The summed E-state index contributed by atoms with van der Waals surface area (Å²) in [5.41, 5.74) is 2.22. The molecular weight excluding hydrogens is 276 g/mol. The highest BCUT2D eigenvalue weighted by molar-refractivity contribution is 9.10. The molecule has 0 aliphatic rings. The van der Waals surface area contributed by atoms with E-state index in [-0.39, 0.29) is 0 Å². The van der Waals surface area contributed by atoms with Crippen LogP contribution in [0, 0.1) is 11.3 Å². The fourth-order valence-corrected chi connectivity index (χ4v) is 1.87. The van der Waals surface area contributed by atoms with Gasteiger partial charge in [0.05, 0.1) is 11.3 Å². The summed E-state index contributed by atoms with van der Waals surface area (Å²) in [6.45, 7) is 0. The molecule has 0 amide bonds. The molecule has 2 aromatic rings. The Hall–Kier alpha value is -1.92. The molecule has 0 radical (unpaired) electrons. The zero-order chi connectivity index (χ0) is 12.1. The normalized spacial score (nSPS) is 10.9. The van der Waals surface area contributed by atoms with Gasteiger partial charge in [-0.1, -0.05) is 34.1 Å². The number of allylic oxidation sites excluding steroid dienone is 1. The Morgan fingerprint density at radius 1 is 1.24 bits per heavy atom. The lowest BCUT2D eigenvalue weighted by atomic mass is 10.1. The van der Waals surface area contributed by atoms with Crippen LogP contribution in [0.15, 0.2) is 53.1 Å². The van der Waals surface area contributed by atoms with Crippen molar-refractivity contribution in [2.75, 3.05) is 0 Å². The van der Waals surface area contributed by atoms with Crippen molar-refractivity contribution in [2.24, 2.45) is 0 Å². The van der Waals surface area contributed by atoms with E-state index in [4.69, 9.17) is 5.26 Å². The number of aromatic nitrogens is 1. The summed E-state index contributed by atoms with van der Waals surface area (Å²) < 4.78 is 0.990. The van der Waals surface area contributed by atoms with Crippen LogP contribution in [0.25, 0.3) is 11.6 Å². The first-order chi connectivity index (χ1) is 8.29. The number of benzene rings is 1. The predicted molar refractivity (Wildman–Crippen MR) is 71.9 cm³/mol. The van der Waals surface area contributed by atoms with Crippen LogP contribution in [-0.4, -0.2) is 4.98 Å². The summed E-state index contributed by atoms with van der Waals surface area (Å²) in [6, 6.07) is 15.5. The molecule has 0 unspecified atom stereocenters. The van der Waals surface area contributed by atoms with Gasteiger partial charge in [0, 0.05) is 10.7 Å². The third-order valence-corrected chi connectivity index (χ3v) is 2.71. The molecule has 0 bridgehead atoms. The second kappa shape index (κ2) is 5.42. The Morgan fingerprint density at radius 3 is 2.76 bits per heavy atom. The minimum absolute atomic E-state index is 0.559. The highest BCUT2D eigenvalue weighted by atomic mass is 79.9. The Kier molecular flexibility index (Phi) is 3.69. The number of nitrogens with zero attached hydrogens (tertiary/aromatic N) is 2. The lowest BCUT2D eigenvalue weighted by molar-refractivity contribution is 1.28. The van der Waals surface area contributed by atoms with Crippen LogP contribution in [0.2, 0.25) is 0 Å². The fourth-order valence-electron chi connectivity index (χ4n) is 1.45. The molecule has 2 rings (SSSR count). The SMILES string of the molecule is N#CC(=Cc1cccc(Br)c1)c1ccccn1. The molecule has 1 aromatic heterocycles. The van der Waals surface area contributed by atoms with E-state index in [0.29, 0.717) is 11.3 Å². The molecule has 0 aliphatic carbocycles. The van der Waals surface area contributed by atoms with E-state index in [1.807, 2.05) is 48.5 Å². The monoisotopic (exact) mass is 284 g/mol. The number of hydrogen-bond donors (Lipinski definition) is 0. The van der Waals surface area contributed by atoms with Gasteiger partial charge in [-0.3, -0.25) is 4.98 Å².